The fourth-order valence-electron chi connectivity index (χ4n) is 1.24. The van der Waals surface area contributed by atoms with Gasteiger partial charge in [-0.1, -0.05) is 0 Å². The molecular formula is C8H7ClN4O2. The first-order chi connectivity index (χ1) is 7.18. The summed E-state index contributed by atoms with van der Waals surface area (Å²) in [6, 6.07) is -0.394. The van der Waals surface area contributed by atoms with Crippen LogP contribution in [0.15, 0.2) is 12.4 Å². The predicted octanol–water partition coefficient (Wildman–Crippen LogP) is 0.295. The Labute approximate surface area is 90.3 Å². The number of nitrogens with zero attached hydrogens (tertiary/aromatic N) is 3. The molecule has 0 aliphatic carbocycles. The van der Waals surface area contributed by atoms with Crippen molar-refractivity contribution >= 4 is 23.5 Å². The summed E-state index contributed by atoms with van der Waals surface area (Å²) < 4.78 is 0. The second-order valence-corrected chi connectivity index (χ2v) is 3.27. The minimum Gasteiger partial charge on any atom is -0.336 e. The first-order valence-electron chi connectivity index (χ1n) is 4.26. The SMILES string of the molecule is O=C1NCCN1C(=O)c1cnc(Cl)nc1. The lowest BCUT2D eigenvalue weighted by Gasteiger charge is -2.10. The van der Waals surface area contributed by atoms with Gasteiger partial charge in [0.2, 0.25) is 5.28 Å². The minimum absolute atomic E-state index is 0.0671. The smallest absolute Gasteiger partial charge is 0.324 e. The molecule has 78 valence electrons. The highest BCUT2D eigenvalue weighted by molar-refractivity contribution is 6.28. The maximum atomic E-state index is 11.7. The van der Waals surface area contributed by atoms with Gasteiger partial charge in [-0.2, -0.15) is 0 Å². The number of hydrogen-bond donors (Lipinski definition) is 1. The van der Waals surface area contributed by atoms with Crippen molar-refractivity contribution in [2.45, 2.75) is 0 Å². The number of halogens is 1. The molecule has 3 amide bonds. The van der Waals surface area contributed by atoms with Gasteiger partial charge in [-0.15, -0.1) is 0 Å². The molecule has 0 spiro atoms. The average Bonchev–Trinajstić information content (AvgIpc) is 2.65. The molecule has 7 heteroatoms. The summed E-state index contributed by atoms with van der Waals surface area (Å²) in [4.78, 5) is 31.3. The van der Waals surface area contributed by atoms with E-state index in [1.54, 1.807) is 0 Å². The first-order valence-corrected chi connectivity index (χ1v) is 4.63. The summed E-state index contributed by atoms with van der Waals surface area (Å²) in [5, 5.41) is 2.60. The van der Waals surface area contributed by atoms with Crippen LogP contribution in [0.1, 0.15) is 10.4 Å². The van der Waals surface area contributed by atoms with E-state index in [0.717, 1.165) is 4.90 Å². The summed E-state index contributed by atoms with van der Waals surface area (Å²) in [6.45, 7) is 0.833. The Morgan fingerprint density at radius 3 is 2.67 bits per heavy atom. The number of urea groups is 1. The molecule has 0 atom stereocenters. The molecular weight excluding hydrogens is 220 g/mol. The standard InChI is InChI=1S/C8H7ClN4O2/c9-7-11-3-5(4-12-7)6(14)13-2-1-10-8(13)15/h3-4H,1-2H2,(H,10,15). The number of aromatic nitrogens is 2. The average molecular weight is 227 g/mol. The second kappa shape index (κ2) is 3.82. The number of amides is 3. The number of nitrogens with one attached hydrogen (secondary N) is 1. The maximum Gasteiger partial charge on any atom is 0.324 e. The van der Waals surface area contributed by atoms with Crippen LogP contribution in [0.5, 0.6) is 0 Å². The molecule has 0 bridgehead atoms. The Hall–Kier alpha value is -1.69. The van der Waals surface area contributed by atoms with Gasteiger partial charge in [0.1, 0.15) is 0 Å². The predicted molar refractivity (Wildman–Crippen MR) is 51.5 cm³/mol. The van der Waals surface area contributed by atoms with Crippen LogP contribution < -0.4 is 5.32 Å². The van der Waals surface area contributed by atoms with E-state index in [2.05, 4.69) is 15.3 Å². The van der Waals surface area contributed by atoms with Gasteiger partial charge in [-0.3, -0.25) is 9.69 Å². The minimum atomic E-state index is -0.415. The molecule has 0 radical (unpaired) electrons. The number of rotatable bonds is 1. The van der Waals surface area contributed by atoms with Gasteiger partial charge in [0.25, 0.3) is 5.91 Å². The van der Waals surface area contributed by atoms with E-state index in [-0.39, 0.29) is 10.8 Å². The quantitative estimate of drug-likeness (QED) is 0.699. The third kappa shape index (κ3) is 1.89. The van der Waals surface area contributed by atoms with Crippen LogP contribution in [0.3, 0.4) is 0 Å². The van der Waals surface area contributed by atoms with Gasteiger partial charge in [0.15, 0.2) is 0 Å². The van der Waals surface area contributed by atoms with Gasteiger partial charge < -0.3 is 5.32 Å². The van der Waals surface area contributed by atoms with Crippen molar-refractivity contribution in [3.8, 4) is 0 Å². The highest BCUT2D eigenvalue weighted by atomic mass is 35.5. The Balaban J connectivity index is 2.20. The van der Waals surface area contributed by atoms with E-state index in [9.17, 15) is 9.59 Å². The molecule has 1 aliphatic heterocycles. The van der Waals surface area contributed by atoms with Crippen LogP contribution >= 0.6 is 11.6 Å². The van der Waals surface area contributed by atoms with E-state index in [1.807, 2.05) is 0 Å². The third-order valence-corrected chi connectivity index (χ3v) is 2.16. The molecule has 0 aromatic carbocycles. The molecule has 0 saturated carbocycles. The van der Waals surface area contributed by atoms with Crippen LogP contribution in [-0.4, -0.2) is 39.9 Å². The van der Waals surface area contributed by atoms with Crippen molar-refractivity contribution in [2.24, 2.45) is 0 Å². The van der Waals surface area contributed by atoms with Crippen molar-refractivity contribution in [2.75, 3.05) is 13.1 Å². The molecule has 1 saturated heterocycles. The molecule has 15 heavy (non-hydrogen) atoms. The van der Waals surface area contributed by atoms with Crippen molar-refractivity contribution in [1.82, 2.24) is 20.2 Å². The molecule has 6 nitrogen and oxygen atoms in total. The molecule has 1 N–H and O–H groups in total. The van der Waals surface area contributed by atoms with Crippen LogP contribution in [0.2, 0.25) is 5.28 Å². The lowest BCUT2D eigenvalue weighted by Crippen LogP contribution is -2.34. The molecule has 1 aromatic heterocycles. The van der Waals surface area contributed by atoms with Gasteiger partial charge in [0, 0.05) is 25.5 Å². The van der Waals surface area contributed by atoms with E-state index in [4.69, 9.17) is 11.6 Å². The number of carbonyl (C=O) groups excluding carboxylic acids is 2. The third-order valence-electron chi connectivity index (χ3n) is 1.97. The van der Waals surface area contributed by atoms with Crippen molar-refractivity contribution < 1.29 is 9.59 Å². The van der Waals surface area contributed by atoms with E-state index < -0.39 is 11.9 Å². The summed E-state index contributed by atoms with van der Waals surface area (Å²) in [6.07, 6.45) is 2.59. The molecule has 2 rings (SSSR count). The molecule has 2 heterocycles. The second-order valence-electron chi connectivity index (χ2n) is 2.93. The summed E-state index contributed by atoms with van der Waals surface area (Å²) in [7, 11) is 0. The summed E-state index contributed by atoms with van der Waals surface area (Å²) in [5.74, 6) is -0.415. The lowest BCUT2D eigenvalue weighted by atomic mass is 10.3. The Morgan fingerprint density at radius 2 is 2.13 bits per heavy atom. The highest BCUT2D eigenvalue weighted by Crippen LogP contribution is 2.07. The first kappa shape index (κ1) is 9.85. The Bertz CT molecular complexity index is 406. The summed E-state index contributed by atoms with van der Waals surface area (Å²) >= 11 is 5.48. The lowest BCUT2D eigenvalue weighted by molar-refractivity contribution is 0.0828. The Kier molecular flexibility index (Phi) is 2.51. The molecule has 0 unspecified atom stereocenters. The van der Waals surface area contributed by atoms with Crippen LogP contribution in [-0.2, 0) is 0 Å². The fourth-order valence-corrected chi connectivity index (χ4v) is 1.34. The molecule has 1 aliphatic rings. The van der Waals surface area contributed by atoms with E-state index in [0.29, 0.717) is 13.1 Å². The normalized spacial score (nSPS) is 15.3. The highest BCUT2D eigenvalue weighted by Gasteiger charge is 2.27. The fraction of sp³-hybridized carbons (Fsp3) is 0.250. The van der Waals surface area contributed by atoms with E-state index >= 15 is 0 Å². The van der Waals surface area contributed by atoms with Crippen LogP contribution in [0, 0.1) is 0 Å². The van der Waals surface area contributed by atoms with Crippen LogP contribution in [0.25, 0.3) is 0 Å². The zero-order valence-electron chi connectivity index (χ0n) is 7.61. The number of hydrogen-bond acceptors (Lipinski definition) is 4. The maximum absolute atomic E-state index is 11.7. The van der Waals surface area contributed by atoms with Gasteiger partial charge in [0.05, 0.1) is 5.56 Å². The van der Waals surface area contributed by atoms with Gasteiger partial charge in [-0.25, -0.2) is 14.8 Å². The summed E-state index contributed by atoms with van der Waals surface area (Å²) in [5.41, 5.74) is 0.247. The van der Waals surface area contributed by atoms with Gasteiger partial charge in [-0.05, 0) is 11.6 Å². The van der Waals surface area contributed by atoms with Crippen molar-refractivity contribution in [3.05, 3.63) is 23.2 Å². The number of carbonyl (C=O) groups is 2. The van der Waals surface area contributed by atoms with Crippen LogP contribution in [0.4, 0.5) is 4.79 Å². The number of imide groups is 1. The van der Waals surface area contributed by atoms with Crippen molar-refractivity contribution in [3.63, 3.8) is 0 Å². The Morgan fingerprint density at radius 1 is 1.47 bits per heavy atom. The zero-order chi connectivity index (χ0) is 10.8. The van der Waals surface area contributed by atoms with Crippen molar-refractivity contribution in [1.29, 1.82) is 0 Å². The molecule has 1 aromatic rings. The molecule has 1 fully saturated rings. The van der Waals surface area contributed by atoms with Gasteiger partial charge >= 0.3 is 6.03 Å². The van der Waals surface area contributed by atoms with E-state index in [1.165, 1.54) is 12.4 Å². The largest absolute Gasteiger partial charge is 0.336 e. The monoisotopic (exact) mass is 226 g/mol. The zero-order valence-corrected chi connectivity index (χ0v) is 8.36. The topological polar surface area (TPSA) is 75.2 Å².